The van der Waals surface area contributed by atoms with Gasteiger partial charge in [-0.2, -0.15) is 0 Å². The van der Waals surface area contributed by atoms with Crippen LogP contribution in [0, 0.1) is 5.92 Å². The standard InChI is InChI=1S/C41H45N5O3/c42-39(47)36(24-28-8-2-1-3-9-28)45-41(49)38(26-31-15-17-33-11-5-7-13-35(33)23-31)46-40(48)37(44-27-29-18-20-43-21-19-29)25-30-14-16-32-10-4-6-12-34(32)22-30/h1-17,22-23,29,36-38,43-44H,18-21,24-27H2,(H2,42,47)(H,45,49)(H,46,48)/t36-,37+,38+/m0/s1. The highest BCUT2D eigenvalue weighted by Gasteiger charge is 2.29. The molecule has 1 fully saturated rings. The third kappa shape index (κ3) is 9.31. The van der Waals surface area contributed by atoms with Crippen molar-refractivity contribution >= 4 is 39.3 Å². The molecule has 1 heterocycles. The van der Waals surface area contributed by atoms with Gasteiger partial charge in [-0.25, -0.2) is 0 Å². The monoisotopic (exact) mass is 655 g/mol. The molecule has 49 heavy (non-hydrogen) atoms. The Labute approximate surface area is 287 Å². The fourth-order valence-corrected chi connectivity index (χ4v) is 6.68. The molecule has 5 aromatic carbocycles. The van der Waals surface area contributed by atoms with Crippen LogP contribution in [0.3, 0.4) is 0 Å². The van der Waals surface area contributed by atoms with E-state index >= 15 is 0 Å². The zero-order valence-electron chi connectivity index (χ0n) is 27.7. The molecule has 1 saturated heterocycles. The zero-order chi connectivity index (χ0) is 34.0. The Balaban J connectivity index is 1.25. The molecule has 0 unspecified atom stereocenters. The van der Waals surface area contributed by atoms with Gasteiger partial charge < -0.3 is 27.0 Å². The molecule has 0 aliphatic carbocycles. The summed E-state index contributed by atoms with van der Waals surface area (Å²) in [6.45, 7) is 2.63. The van der Waals surface area contributed by atoms with Crippen molar-refractivity contribution in [3.8, 4) is 0 Å². The van der Waals surface area contributed by atoms with Gasteiger partial charge in [-0.15, -0.1) is 0 Å². The molecule has 0 saturated carbocycles. The molecule has 8 nitrogen and oxygen atoms in total. The molecule has 5 aromatic rings. The van der Waals surface area contributed by atoms with Gasteiger partial charge >= 0.3 is 0 Å². The number of rotatable bonds is 14. The second-order valence-corrected chi connectivity index (χ2v) is 13.1. The number of piperidine rings is 1. The van der Waals surface area contributed by atoms with Crippen LogP contribution in [0.4, 0.5) is 0 Å². The second kappa shape index (κ2) is 16.4. The lowest BCUT2D eigenvalue weighted by molar-refractivity contribution is -0.132. The van der Waals surface area contributed by atoms with E-state index < -0.39 is 29.9 Å². The summed E-state index contributed by atoms with van der Waals surface area (Å²) in [5.41, 5.74) is 8.58. The number of primary amides is 1. The number of nitrogens with one attached hydrogen (secondary N) is 4. The van der Waals surface area contributed by atoms with Gasteiger partial charge in [-0.3, -0.25) is 14.4 Å². The van der Waals surface area contributed by atoms with Crippen molar-refractivity contribution in [2.45, 2.75) is 50.2 Å². The number of fused-ring (bicyclic) bond motifs is 2. The van der Waals surface area contributed by atoms with Crippen LogP contribution in [-0.4, -0.2) is 55.5 Å². The molecular weight excluding hydrogens is 610 g/mol. The number of benzene rings is 5. The van der Waals surface area contributed by atoms with E-state index in [2.05, 4.69) is 51.6 Å². The molecule has 1 aliphatic heterocycles. The van der Waals surface area contributed by atoms with E-state index in [9.17, 15) is 14.4 Å². The van der Waals surface area contributed by atoms with Crippen molar-refractivity contribution in [3.05, 3.63) is 132 Å². The summed E-state index contributed by atoms with van der Waals surface area (Å²) in [6, 6.07) is 35.5. The van der Waals surface area contributed by atoms with Gasteiger partial charge in [0.2, 0.25) is 17.7 Å². The average molecular weight is 656 g/mol. The maximum Gasteiger partial charge on any atom is 0.243 e. The molecule has 6 rings (SSSR count). The molecule has 8 heteroatoms. The highest BCUT2D eigenvalue weighted by molar-refractivity contribution is 5.93. The molecule has 3 atom stereocenters. The van der Waals surface area contributed by atoms with Gasteiger partial charge in [0.15, 0.2) is 0 Å². The van der Waals surface area contributed by atoms with Gasteiger partial charge in [0.1, 0.15) is 12.1 Å². The lowest BCUT2D eigenvalue weighted by Crippen LogP contribution is -2.57. The summed E-state index contributed by atoms with van der Waals surface area (Å²) in [4.78, 5) is 40.8. The van der Waals surface area contributed by atoms with Crippen LogP contribution in [0.25, 0.3) is 21.5 Å². The van der Waals surface area contributed by atoms with Crippen LogP contribution in [0.1, 0.15) is 29.5 Å². The number of nitrogens with two attached hydrogens (primary N) is 1. The first-order valence-corrected chi connectivity index (χ1v) is 17.2. The summed E-state index contributed by atoms with van der Waals surface area (Å²) in [5.74, 6) is -0.893. The van der Waals surface area contributed by atoms with Crippen LogP contribution in [0.15, 0.2) is 115 Å². The molecule has 252 valence electrons. The predicted octanol–water partition coefficient (Wildman–Crippen LogP) is 4.43. The minimum absolute atomic E-state index is 0.246. The van der Waals surface area contributed by atoms with Crippen LogP contribution in [0.2, 0.25) is 0 Å². The van der Waals surface area contributed by atoms with Gasteiger partial charge in [-0.1, -0.05) is 115 Å². The Morgan fingerprint density at radius 3 is 1.67 bits per heavy atom. The molecule has 0 bridgehead atoms. The first-order chi connectivity index (χ1) is 23.9. The van der Waals surface area contributed by atoms with Crippen molar-refractivity contribution in [2.24, 2.45) is 11.7 Å². The van der Waals surface area contributed by atoms with Crippen LogP contribution in [0.5, 0.6) is 0 Å². The number of hydrogen-bond acceptors (Lipinski definition) is 5. The normalized spacial score (nSPS) is 15.3. The first kappa shape index (κ1) is 33.8. The van der Waals surface area contributed by atoms with E-state index in [1.807, 2.05) is 84.9 Å². The summed E-state index contributed by atoms with van der Waals surface area (Å²) < 4.78 is 0. The first-order valence-electron chi connectivity index (χ1n) is 17.2. The summed E-state index contributed by atoms with van der Waals surface area (Å²) in [7, 11) is 0. The Morgan fingerprint density at radius 1 is 0.592 bits per heavy atom. The molecule has 1 aliphatic rings. The van der Waals surface area contributed by atoms with Gasteiger partial charge in [0, 0.05) is 12.8 Å². The maximum absolute atomic E-state index is 14.3. The Bertz CT molecular complexity index is 1890. The lowest BCUT2D eigenvalue weighted by Gasteiger charge is -2.28. The molecule has 0 spiro atoms. The number of carbonyl (C=O) groups is 3. The summed E-state index contributed by atoms with van der Waals surface area (Å²) in [5, 5.41) is 17.3. The van der Waals surface area contributed by atoms with Crippen LogP contribution in [-0.2, 0) is 33.6 Å². The Hall–Kier alpha value is -5.05. The van der Waals surface area contributed by atoms with Crippen LogP contribution < -0.4 is 27.0 Å². The predicted molar refractivity (Wildman–Crippen MR) is 196 cm³/mol. The SMILES string of the molecule is NC(=O)[C@H](Cc1ccccc1)NC(=O)[C@@H](Cc1ccc2ccccc2c1)NC(=O)[C@@H](Cc1ccc2ccccc2c1)NCC1CCNCC1. The fourth-order valence-electron chi connectivity index (χ4n) is 6.68. The maximum atomic E-state index is 14.3. The minimum Gasteiger partial charge on any atom is -0.368 e. The third-order valence-corrected chi connectivity index (χ3v) is 9.51. The van der Waals surface area contributed by atoms with Gasteiger partial charge in [-0.05, 0) is 83.0 Å². The van der Waals surface area contributed by atoms with E-state index in [4.69, 9.17) is 5.73 Å². The second-order valence-electron chi connectivity index (χ2n) is 13.1. The fraction of sp³-hybridized carbons (Fsp3) is 0.293. The van der Waals surface area contributed by atoms with Crippen molar-refractivity contribution in [3.63, 3.8) is 0 Å². The molecule has 0 radical (unpaired) electrons. The number of hydrogen-bond donors (Lipinski definition) is 5. The molecule has 6 N–H and O–H groups in total. The average Bonchev–Trinajstić information content (AvgIpc) is 3.13. The largest absolute Gasteiger partial charge is 0.368 e. The van der Waals surface area contributed by atoms with Crippen molar-refractivity contribution in [2.75, 3.05) is 19.6 Å². The lowest BCUT2D eigenvalue weighted by atomic mass is 9.96. The van der Waals surface area contributed by atoms with Gasteiger partial charge in [0.25, 0.3) is 0 Å². The highest BCUT2D eigenvalue weighted by atomic mass is 16.2. The highest BCUT2D eigenvalue weighted by Crippen LogP contribution is 2.19. The van der Waals surface area contributed by atoms with Crippen molar-refractivity contribution < 1.29 is 14.4 Å². The quantitative estimate of drug-likeness (QED) is 0.121. The molecule has 3 amide bonds. The van der Waals surface area contributed by atoms with E-state index in [1.165, 1.54) is 0 Å². The minimum atomic E-state index is -0.939. The van der Waals surface area contributed by atoms with E-state index in [0.29, 0.717) is 18.9 Å². The zero-order valence-corrected chi connectivity index (χ0v) is 27.7. The molecular formula is C41H45N5O3. The smallest absolute Gasteiger partial charge is 0.243 e. The van der Waals surface area contributed by atoms with E-state index in [-0.39, 0.29) is 18.7 Å². The Kier molecular flexibility index (Phi) is 11.3. The summed E-state index contributed by atoms with van der Waals surface area (Å²) >= 11 is 0. The van der Waals surface area contributed by atoms with Crippen molar-refractivity contribution in [1.29, 1.82) is 0 Å². The number of carbonyl (C=O) groups excluding carboxylic acids is 3. The topological polar surface area (TPSA) is 125 Å². The third-order valence-electron chi connectivity index (χ3n) is 9.51. The van der Waals surface area contributed by atoms with E-state index in [0.717, 1.165) is 64.2 Å². The molecule has 0 aromatic heterocycles. The van der Waals surface area contributed by atoms with Crippen LogP contribution >= 0.6 is 0 Å². The van der Waals surface area contributed by atoms with Crippen molar-refractivity contribution in [1.82, 2.24) is 21.3 Å². The summed E-state index contributed by atoms with van der Waals surface area (Å²) in [6.07, 6.45) is 3.04. The van der Waals surface area contributed by atoms with Gasteiger partial charge in [0.05, 0.1) is 6.04 Å². The Morgan fingerprint density at radius 2 is 1.08 bits per heavy atom. The number of amides is 3. The van der Waals surface area contributed by atoms with E-state index in [1.54, 1.807) is 0 Å².